The third kappa shape index (κ3) is 4.18. The fourth-order valence-corrected chi connectivity index (χ4v) is 1.69. The Balaban J connectivity index is 2.47. The molecule has 0 unspecified atom stereocenters. The Kier molecular flexibility index (Phi) is 5.05. The molecule has 4 heteroatoms. The normalized spacial score (nSPS) is 10.1. The van der Waals surface area contributed by atoms with Crippen molar-refractivity contribution in [2.45, 2.75) is 11.3 Å². The van der Waals surface area contributed by atoms with Gasteiger partial charge in [-0.15, -0.1) is 11.8 Å². The first kappa shape index (κ1) is 12.5. The molecule has 1 amide bonds. The molecule has 0 aliphatic heterocycles. The smallest absolute Gasteiger partial charge is 0.278 e. The molecule has 0 spiro atoms. The van der Waals surface area contributed by atoms with Crippen molar-refractivity contribution >= 4 is 29.6 Å². The number of benzene rings is 1. The van der Waals surface area contributed by atoms with Crippen LogP contribution in [0.5, 0.6) is 0 Å². The number of thiol groups is 1. The molecule has 0 fully saturated rings. The fourth-order valence-electron chi connectivity index (χ4n) is 1.18. The number of amides is 1. The van der Waals surface area contributed by atoms with Crippen molar-refractivity contribution in [3.8, 4) is 0 Å². The highest BCUT2D eigenvalue weighted by Gasteiger charge is 2.02. The van der Waals surface area contributed by atoms with Crippen LogP contribution < -0.4 is 0 Å². The second-order valence-corrected chi connectivity index (χ2v) is 4.56. The lowest BCUT2D eigenvalue weighted by Crippen LogP contribution is -2.23. The second kappa shape index (κ2) is 6.08. The number of nitrogens with zero attached hydrogens (tertiary/aromatic N) is 1. The summed E-state index contributed by atoms with van der Waals surface area (Å²) in [4.78, 5) is 13.7. The highest BCUT2D eigenvalue weighted by molar-refractivity contribution is 7.98. The summed E-state index contributed by atoms with van der Waals surface area (Å²) in [5.74, 6) is 0. The summed E-state index contributed by atoms with van der Waals surface area (Å²) in [6, 6.07) is 8.40. The highest BCUT2D eigenvalue weighted by Crippen LogP contribution is 2.15. The van der Waals surface area contributed by atoms with Crippen LogP contribution in [-0.4, -0.2) is 30.0 Å². The first-order valence-corrected chi connectivity index (χ1v) is 6.37. The molecule has 1 aromatic rings. The van der Waals surface area contributed by atoms with Gasteiger partial charge >= 0.3 is 0 Å². The van der Waals surface area contributed by atoms with Gasteiger partial charge in [-0.2, -0.15) is 0 Å². The molecule has 0 radical (unpaired) electrons. The standard InChI is InChI=1S/C11H15NOS2/c1-12(11(13)14)8-7-9-3-5-10(15-2)6-4-9/h3-6H,7-8H2,1-2H3,(H,13,14). The van der Waals surface area contributed by atoms with E-state index in [0.29, 0.717) is 6.54 Å². The van der Waals surface area contributed by atoms with Gasteiger partial charge in [0.15, 0.2) is 0 Å². The predicted molar refractivity (Wildman–Crippen MR) is 68.9 cm³/mol. The number of hydrogen-bond acceptors (Lipinski definition) is 2. The number of carbonyl (C=O) groups is 1. The van der Waals surface area contributed by atoms with E-state index in [-0.39, 0.29) is 5.24 Å². The molecule has 2 nitrogen and oxygen atoms in total. The van der Waals surface area contributed by atoms with Crippen LogP contribution in [0.15, 0.2) is 29.2 Å². The van der Waals surface area contributed by atoms with Gasteiger partial charge in [0.2, 0.25) is 0 Å². The summed E-state index contributed by atoms with van der Waals surface area (Å²) in [5.41, 5.74) is 1.24. The minimum Gasteiger partial charge on any atom is -0.337 e. The van der Waals surface area contributed by atoms with E-state index in [4.69, 9.17) is 0 Å². The van der Waals surface area contributed by atoms with Crippen LogP contribution in [0.3, 0.4) is 0 Å². The number of likely N-dealkylation sites (N-methyl/N-ethyl adjacent to an activating group) is 1. The van der Waals surface area contributed by atoms with E-state index < -0.39 is 0 Å². The first-order valence-electron chi connectivity index (χ1n) is 4.70. The quantitative estimate of drug-likeness (QED) is 0.646. The maximum absolute atomic E-state index is 10.9. The lowest BCUT2D eigenvalue weighted by molar-refractivity contribution is 0.234. The van der Waals surface area contributed by atoms with E-state index in [1.165, 1.54) is 10.5 Å². The Hall–Kier alpha value is -0.610. The topological polar surface area (TPSA) is 20.3 Å². The Morgan fingerprint density at radius 3 is 2.47 bits per heavy atom. The molecule has 1 rings (SSSR count). The van der Waals surface area contributed by atoms with Crippen molar-refractivity contribution in [3.05, 3.63) is 29.8 Å². The van der Waals surface area contributed by atoms with Crippen molar-refractivity contribution in [1.29, 1.82) is 0 Å². The Morgan fingerprint density at radius 1 is 1.40 bits per heavy atom. The lowest BCUT2D eigenvalue weighted by atomic mass is 10.1. The van der Waals surface area contributed by atoms with Crippen LogP contribution in [0.1, 0.15) is 5.56 Å². The summed E-state index contributed by atoms with van der Waals surface area (Å²) in [7, 11) is 1.76. The Morgan fingerprint density at radius 2 is 2.00 bits per heavy atom. The summed E-state index contributed by atoms with van der Waals surface area (Å²) < 4.78 is 0. The SMILES string of the molecule is CSc1ccc(CCN(C)C(=O)S)cc1. The van der Waals surface area contributed by atoms with Crippen LogP contribution >= 0.6 is 24.4 Å². The van der Waals surface area contributed by atoms with Crippen molar-refractivity contribution in [3.63, 3.8) is 0 Å². The second-order valence-electron chi connectivity index (χ2n) is 3.30. The number of rotatable bonds is 4. The molecule has 82 valence electrons. The van der Waals surface area contributed by atoms with Crippen molar-refractivity contribution in [2.24, 2.45) is 0 Å². The van der Waals surface area contributed by atoms with E-state index in [1.54, 1.807) is 23.7 Å². The maximum atomic E-state index is 10.9. The molecule has 1 aromatic carbocycles. The van der Waals surface area contributed by atoms with Crippen molar-refractivity contribution in [1.82, 2.24) is 4.90 Å². The Bertz CT molecular complexity index is 324. The van der Waals surface area contributed by atoms with Crippen LogP contribution in [0.4, 0.5) is 4.79 Å². The van der Waals surface area contributed by atoms with Crippen LogP contribution in [0.2, 0.25) is 0 Å². The molecular formula is C11H15NOS2. The monoisotopic (exact) mass is 241 g/mol. The third-order valence-corrected chi connectivity index (χ3v) is 3.31. The van der Waals surface area contributed by atoms with Crippen LogP contribution in [0, 0.1) is 0 Å². The zero-order chi connectivity index (χ0) is 11.3. The van der Waals surface area contributed by atoms with Crippen molar-refractivity contribution < 1.29 is 4.79 Å². The van der Waals surface area contributed by atoms with Gasteiger partial charge in [-0.1, -0.05) is 24.8 Å². The molecule has 0 aliphatic rings. The van der Waals surface area contributed by atoms with Gasteiger partial charge in [0, 0.05) is 18.5 Å². The van der Waals surface area contributed by atoms with Crippen LogP contribution in [-0.2, 0) is 6.42 Å². The summed E-state index contributed by atoms with van der Waals surface area (Å²) in [6.45, 7) is 0.709. The molecule has 0 saturated carbocycles. The lowest BCUT2D eigenvalue weighted by Gasteiger charge is -2.13. The molecule has 0 atom stereocenters. The molecular weight excluding hydrogens is 226 g/mol. The van der Waals surface area contributed by atoms with Crippen LogP contribution in [0.25, 0.3) is 0 Å². The van der Waals surface area contributed by atoms with Gasteiger partial charge in [-0.25, -0.2) is 0 Å². The van der Waals surface area contributed by atoms with Crippen molar-refractivity contribution in [2.75, 3.05) is 19.8 Å². The van der Waals surface area contributed by atoms with E-state index >= 15 is 0 Å². The number of thioether (sulfide) groups is 1. The minimum atomic E-state index is -0.185. The fraction of sp³-hybridized carbons (Fsp3) is 0.364. The van der Waals surface area contributed by atoms with Gasteiger partial charge in [0.25, 0.3) is 5.24 Å². The molecule has 0 bridgehead atoms. The largest absolute Gasteiger partial charge is 0.337 e. The van der Waals surface area contributed by atoms with Gasteiger partial charge in [-0.3, -0.25) is 4.79 Å². The average molecular weight is 241 g/mol. The highest BCUT2D eigenvalue weighted by atomic mass is 32.2. The molecule has 0 saturated heterocycles. The molecule has 0 aromatic heterocycles. The van der Waals surface area contributed by atoms with Gasteiger partial charge in [0.1, 0.15) is 0 Å². The Labute approximate surface area is 100 Å². The molecule has 0 N–H and O–H groups in total. The number of carbonyl (C=O) groups excluding carboxylic acids is 1. The van der Waals surface area contributed by atoms with E-state index in [9.17, 15) is 4.79 Å². The van der Waals surface area contributed by atoms with E-state index in [0.717, 1.165) is 6.42 Å². The van der Waals surface area contributed by atoms with Gasteiger partial charge < -0.3 is 4.90 Å². The predicted octanol–water partition coefficient (Wildman–Crippen LogP) is 2.93. The zero-order valence-corrected chi connectivity index (χ0v) is 10.6. The maximum Gasteiger partial charge on any atom is 0.278 e. The minimum absolute atomic E-state index is 0.185. The van der Waals surface area contributed by atoms with Gasteiger partial charge in [-0.05, 0) is 30.4 Å². The zero-order valence-electron chi connectivity index (χ0n) is 8.93. The summed E-state index contributed by atoms with van der Waals surface area (Å²) in [5, 5.41) is -0.185. The summed E-state index contributed by atoms with van der Waals surface area (Å²) >= 11 is 5.48. The first-order chi connectivity index (χ1) is 7.13. The average Bonchev–Trinajstić information content (AvgIpc) is 2.26. The van der Waals surface area contributed by atoms with Gasteiger partial charge in [0.05, 0.1) is 0 Å². The molecule has 0 aliphatic carbocycles. The van der Waals surface area contributed by atoms with E-state index in [1.807, 2.05) is 0 Å². The van der Waals surface area contributed by atoms with E-state index in [2.05, 4.69) is 43.2 Å². The third-order valence-electron chi connectivity index (χ3n) is 2.22. The number of hydrogen-bond donors (Lipinski definition) is 1. The molecule has 0 heterocycles. The molecule has 15 heavy (non-hydrogen) atoms. The summed E-state index contributed by atoms with van der Waals surface area (Å²) in [6.07, 6.45) is 2.93.